The van der Waals surface area contributed by atoms with E-state index in [0.717, 1.165) is 5.56 Å². The molecular weight excluding hydrogens is 150 g/mol. The molecule has 1 aromatic rings. The smallest absolute Gasteiger partial charge is 0.117 e. The van der Waals surface area contributed by atoms with E-state index in [1.165, 1.54) is 0 Å². The fourth-order valence-electron chi connectivity index (χ4n) is 0.980. The van der Waals surface area contributed by atoms with Crippen molar-refractivity contribution in [3.05, 3.63) is 35.9 Å². The molecule has 0 aromatic heterocycles. The highest BCUT2D eigenvalue weighted by molar-refractivity contribution is 5.25. The number of hydrogen-bond acceptors (Lipinski definition) is 2. The van der Waals surface area contributed by atoms with Gasteiger partial charge in [-0.1, -0.05) is 36.3 Å². The molecule has 0 amide bonds. The minimum atomic E-state index is -0.281. The highest BCUT2D eigenvalue weighted by Crippen LogP contribution is 2.09. The molecule has 0 spiro atoms. The quantitative estimate of drug-likeness (QED) is 0.511. The molecule has 0 radical (unpaired) electrons. The van der Waals surface area contributed by atoms with Crippen LogP contribution in [0.15, 0.2) is 30.3 Å². The van der Waals surface area contributed by atoms with Gasteiger partial charge in [0.15, 0.2) is 0 Å². The number of rotatable bonds is 2. The van der Waals surface area contributed by atoms with Crippen LogP contribution < -0.4 is 5.48 Å². The Balaban J connectivity index is 2.85. The van der Waals surface area contributed by atoms with Crippen LogP contribution in [-0.4, -0.2) is 5.21 Å². The highest BCUT2D eigenvalue weighted by Gasteiger charge is 2.03. The van der Waals surface area contributed by atoms with Gasteiger partial charge in [-0.25, -0.2) is 0 Å². The molecule has 0 bridgehead atoms. The Morgan fingerprint density at radius 3 is 2.50 bits per heavy atom. The van der Waals surface area contributed by atoms with Gasteiger partial charge in [0.2, 0.25) is 0 Å². The minimum Gasteiger partial charge on any atom is -0.315 e. The first-order chi connectivity index (χ1) is 5.88. The Hall–Kier alpha value is -1.30. The molecule has 1 aromatic carbocycles. The predicted molar refractivity (Wildman–Crippen MR) is 47.6 cm³/mol. The minimum absolute atomic E-state index is 0.281. The van der Waals surface area contributed by atoms with Crippen molar-refractivity contribution in [2.45, 2.75) is 13.0 Å². The van der Waals surface area contributed by atoms with Crippen LogP contribution in [0.1, 0.15) is 18.5 Å². The lowest BCUT2D eigenvalue weighted by Gasteiger charge is -2.07. The van der Waals surface area contributed by atoms with Crippen molar-refractivity contribution < 1.29 is 5.21 Å². The SMILES string of the molecule is CC#CC(NO)c1ccccc1. The third kappa shape index (κ3) is 2.09. The van der Waals surface area contributed by atoms with Crippen molar-refractivity contribution in [2.75, 3.05) is 0 Å². The molecule has 1 unspecified atom stereocenters. The molecule has 0 saturated carbocycles. The number of nitrogens with one attached hydrogen (secondary N) is 1. The van der Waals surface area contributed by atoms with Crippen LogP contribution >= 0.6 is 0 Å². The summed E-state index contributed by atoms with van der Waals surface area (Å²) in [5, 5.41) is 8.76. The van der Waals surface area contributed by atoms with E-state index in [-0.39, 0.29) is 6.04 Å². The second-order valence-electron chi connectivity index (χ2n) is 2.37. The van der Waals surface area contributed by atoms with Crippen LogP contribution in [-0.2, 0) is 0 Å². The molecule has 0 fully saturated rings. The summed E-state index contributed by atoms with van der Waals surface area (Å²) in [6, 6.07) is 9.30. The molecule has 0 aliphatic heterocycles. The van der Waals surface area contributed by atoms with E-state index in [1.807, 2.05) is 30.3 Å². The van der Waals surface area contributed by atoms with E-state index in [0.29, 0.717) is 0 Å². The third-order valence-electron chi connectivity index (χ3n) is 1.55. The molecule has 0 aliphatic carbocycles. The second kappa shape index (κ2) is 4.55. The number of hydroxylamine groups is 1. The van der Waals surface area contributed by atoms with Crippen molar-refractivity contribution in [2.24, 2.45) is 0 Å². The zero-order valence-corrected chi connectivity index (χ0v) is 6.91. The van der Waals surface area contributed by atoms with Crippen molar-refractivity contribution in [1.29, 1.82) is 0 Å². The molecule has 0 saturated heterocycles. The fourth-order valence-corrected chi connectivity index (χ4v) is 0.980. The number of benzene rings is 1. The number of hydrogen-bond donors (Lipinski definition) is 2. The first-order valence-corrected chi connectivity index (χ1v) is 3.75. The molecule has 12 heavy (non-hydrogen) atoms. The Morgan fingerprint density at radius 1 is 1.33 bits per heavy atom. The lowest BCUT2D eigenvalue weighted by Crippen LogP contribution is -2.14. The Kier molecular flexibility index (Phi) is 3.34. The van der Waals surface area contributed by atoms with Gasteiger partial charge in [0, 0.05) is 0 Å². The molecule has 62 valence electrons. The van der Waals surface area contributed by atoms with Gasteiger partial charge in [-0.3, -0.25) is 0 Å². The van der Waals surface area contributed by atoms with Gasteiger partial charge in [0.1, 0.15) is 6.04 Å². The first-order valence-electron chi connectivity index (χ1n) is 3.75. The summed E-state index contributed by atoms with van der Waals surface area (Å²) in [5.74, 6) is 5.58. The van der Waals surface area contributed by atoms with Gasteiger partial charge in [0.25, 0.3) is 0 Å². The standard InChI is InChI=1S/C10H11NO/c1-2-6-10(11-12)9-7-4-3-5-8-9/h3-5,7-8,10-12H,1H3. The second-order valence-corrected chi connectivity index (χ2v) is 2.37. The maximum atomic E-state index is 8.76. The van der Waals surface area contributed by atoms with Crippen LogP contribution in [0.3, 0.4) is 0 Å². The molecule has 0 heterocycles. The highest BCUT2D eigenvalue weighted by atomic mass is 16.5. The summed E-state index contributed by atoms with van der Waals surface area (Å²) in [5.41, 5.74) is 3.11. The summed E-state index contributed by atoms with van der Waals surface area (Å²) < 4.78 is 0. The van der Waals surface area contributed by atoms with Crippen molar-refractivity contribution >= 4 is 0 Å². The fraction of sp³-hybridized carbons (Fsp3) is 0.200. The topological polar surface area (TPSA) is 32.3 Å². The maximum absolute atomic E-state index is 8.76. The molecule has 2 nitrogen and oxygen atoms in total. The van der Waals surface area contributed by atoms with Crippen molar-refractivity contribution in [1.82, 2.24) is 5.48 Å². The van der Waals surface area contributed by atoms with E-state index >= 15 is 0 Å². The Bertz CT molecular complexity index is 284. The van der Waals surface area contributed by atoms with Gasteiger partial charge >= 0.3 is 0 Å². The summed E-state index contributed by atoms with van der Waals surface area (Å²) in [6.07, 6.45) is 0. The van der Waals surface area contributed by atoms with Gasteiger partial charge in [-0.15, -0.1) is 5.92 Å². The molecule has 2 N–H and O–H groups in total. The largest absolute Gasteiger partial charge is 0.315 e. The van der Waals surface area contributed by atoms with Crippen LogP contribution in [0, 0.1) is 11.8 Å². The first kappa shape index (κ1) is 8.79. The van der Waals surface area contributed by atoms with Crippen LogP contribution in [0.25, 0.3) is 0 Å². The summed E-state index contributed by atoms with van der Waals surface area (Å²) in [6.45, 7) is 1.74. The molecule has 1 atom stereocenters. The van der Waals surface area contributed by atoms with Gasteiger partial charge < -0.3 is 5.21 Å². The predicted octanol–water partition coefficient (Wildman–Crippen LogP) is 1.73. The van der Waals surface area contributed by atoms with Gasteiger partial charge in [-0.2, -0.15) is 5.48 Å². The maximum Gasteiger partial charge on any atom is 0.117 e. The van der Waals surface area contributed by atoms with Crippen molar-refractivity contribution in [3.63, 3.8) is 0 Å². The Labute approximate surface area is 72.2 Å². The lowest BCUT2D eigenvalue weighted by molar-refractivity contribution is 0.147. The van der Waals surface area contributed by atoms with Crippen LogP contribution in [0.4, 0.5) is 0 Å². The van der Waals surface area contributed by atoms with E-state index < -0.39 is 0 Å². The van der Waals surface area contributed by atoms with E-state index in [1.54, 1.807) is 6.92 Å². The molecule has 2 heteroatoms. The summed E-state index contributed by atoms with van der Waals surface area (Å²) in [7, 11) is 0. The molecule has 0 aliphatic rings. The third-order valence-corrected chi connectivity index (χ3v) is 1.55. The van der Waals surface area contributed by atoms with E-state index in [2.05, 4.69) is 17.3 Å². The van der Waals surface area contributed by atoms with E-state index in [4.69, 9.17) is 5.21 Å². The van der Waals surface area contributed by atoms with Gasteiger partial charge in [-0.05, 0) is 12.5 Å². The molecule has 1 rings (SSSR count). The van der Waals surface area contributed by atoms with Crippen molar-refractivity contribution in [3.8, 4) is 11.8 Å². The van der Waals surface area contributed by atoms with Crippen LogP contribution in [0.2, 0.25) is 0 Å². The zero-order valence-electron chi connectivity index (χ0n) is 6.91. The Morgan fingerprint density at radius 2 is 2.00 bits per heavy atom. The van der Waals surface area contributed by atoms with E-state index in [9.17, 15) is 0 Å². The zero-order chi connectivity index (χ0) is 8.81. The average Bonchev–Trinajstić information content (AvgIpc) is 2.15. The monoisotopic (exact) mass is 161 g/mol. The average molecular weight is 161 g/mol. The summed E-state index contributed by atoms with van der Waals surface area (Å²) >= 11 is 0. The summed E-state index contributed by atoms with van der Waals surface area (Å²) in [4.78, 5) is 0. The normalized spacial score (nSPS) is 11.5. The molecular formula is C10H11NO. The lowest BCUT2D eigenvalue weighted by atomic mass is 10.1. The van der Waals surface area contributed by atoms with Crippen LogP contribution in [0.5, 0.6) is 0 Å². The van der Waals surface area contributed by atoms with Gasteiger partial charge in [0.05, 0.1) is 0 Å².